The lowest BCUT2D eigenvalue weighted by Crippen LogP contribution is -2.37. The quantitative estimate of drug-likeness (QED) is 0.539. The number of nitrogens with one attached hydrogen (secondary N) is 2. The molecule has 30 heavy (non-hydrogen) atoms. The molecule has 0 saturated carbocycles. The first-order valence-corrected chi connectivity index (χ1v) is 10.4. The topological polar surface area (TPSA) is 102 Å². The lowest BCUT2D eigenvalue weighted by Gasteiger charge is -2.14. The summed E-state index contributed by atoms with van der Waals surface area (Å²) in [7, 11) is 0. The van der Waals surface area contributed by atoms with Crippen molar-refractivity contribution in [3.63, 3.8) is 0 Å². The fourth-order valence-electron chi connectivity index (χ4n) is 2.85. The van der Waals surface area contributed by atoms with E-state index in [2.05, 4.69) is 26.2 Å². The van der Waals surface area contributed by atoms with Gasteiger partial charge in [0.25, 0.3) is 0 Å². The highest BCUT2D eigenvalue weighted by Crippen LogP contribution is 2.21. The number of carbonyl (C=O) groups is 2. The number of anilines is 1. The van der Waals surface area contributed by atoms with Crippen molar-refractivity contribution in [3.05, 3.63) is 65.2 Å². The van der Waals surface area contributed by atoms with Gasteiger partial charge in [0, 0.05) is 5.69 Å². The van der Waals surface area contributed by atoms with E-state index in [4.69, 9.17) is 0 Å². The number of hydrogen-bond acceptors (Lipinski definition) is 6. The maximum Gasteiger partial charge on any atom is 0.243 e. The van der Waals surface area contributed by atoms with Crippen molar-refractivity contribution >= 4 is 29.3 Å². The fourth-order valence-corrected chi connectivity index (χ4v) is 3.67. The van der Waals surface area contributed by atoms with E-state index in [1.807, 2.05) is 62.4 Å². The fraction of sp³-hybridized carbons (Fsp3) is 0.286. The first-order valence-electron chi connectivity index (χ1n) is 9.54. The zero-order valence-electron chi connectivity index (χ0n) is 17.1. The number of aromatic nitrogens is 4. The number of benzene rings is 2. The van der Waals surface area contributed by atoms with Gasteiger partial charge in [-0.15, -0.1) is 5.10 Å². The van der Waals surface area contributed by atoms with Crippen LogP contribution in [-0.4, -0.2) is 43.8 Å². The van der Waals surface area contributed by atoms with Gasteiger partial charge in [0.2, 0.25) is 17.0 Å². The molecule has 9 heteroatoms. The molecule has 0 bridgehead atoms. The highest BCUT2D eigenvalue weighted by molar-refractivity contribution is 8.00. The van der Waals surface area contributed by atoms with Gasteiger partial charge in [0.1, 0.15) is 0 Å². The van der Waals surface area contributed by atoms with Gasteiger partial charge < -0.3 is 10.6 Å². The Balaban J connectivity index is 1.52. The molecule has 0 saturated heterocycles. The molecule has 2 amide bonds. The first-order chi connectivity index (χ1) is 14.4. The van der Waals surface area contributed by atoms with Crippen molar-refractivity contribution < 1.29 is 9.59 Å². The third-order valence-electron chi connectivity index (χ3n) is 4.49. The van der Waals surface area contributed by atoms with E-state index in [0.29, 0.717) is 11.7 Å². The minimum atomic E-state index is -0.460. The highest BCUT2D eigenvalue weighted by atomic mass is 32.2. The van der Waals surface area contributed by atoms with Crippen LogP contribution in [0.1, 0.15) is 23.6 Å². The summed E-state index contributed by atoms with van der Waals surface area (Å²) in [4.78, 5) is 24.7. The van der Waals surface area contributed by atoms with Crippen LogP contribution in [0.25, 0.3) is 0 Å². The Morgan fingerprint density at radius 1 is 1.07 bits per heavy atom. The molecule has 0 spiro atoms. The normalized spacial score (nSPS) is 11.7. The number of amides is 2. The monoisotopic (exact) mass is 424 g/mol. The van der Waals surface area contributed by atoms with Crippen LogP contribution in [0, 0.1) is 13.8 Å². The minimum Gasteiger partial charge on any atom is -0.346 e. The minimum absolute atomic E-state index is 0.105. The molecule has 0 aliphatic carbocycles. The van der Waals surface area contributed by atoms with Gasteiger partial charge >= 0.3 is 0 Å². The van der Waals surface area contributed by atoms with E-state index in [-0.39, 0.29) is 18.4 Å². The van der Waals surface area contributed by atoms with Crippen LogP contribution in [0.3, 0.4) is 0 Å². The number of rotatable bonds is 8. The molecule has 0 aliphatic heterocycles. The number of para-hydroxylation sites is 1. The molecule has 2 aromatic carbocycles. The molecular formula is C21H24N6O2S. The van der Waals surface area contributed by atoms with Gasteiger partial charge in [-0.05, 0) is 47.9 Å². The van der Waals surface area contributed by atoms with E-state index in [1.165, 1.54) is 11.8 Å². The van der Waals surface area contributed by atoms with E-state index in [1.54, 1.807) is 11.6 Å². The summed E-state index contributed by atoms with van der Waals surface area (Å²) >= 11 is 1.25. The number of aryl methyl sites for hydroxylation is 2. The SMILES string of the molecule is Cc1cccc(C)c1NC(=O)CNC(=O)C(C)Sc1nnnn1Cc1ccccc1. The van der Waals surface area contributed by atoms with Gasteiger partial charge in [-0.2, -0.15) is 0 Å². The first kappa shape index (κ1) is 21.5. The van der Waals surface area contributed by atoms with Crippen LogP contribution in [0.4, 0.5) is 5.69 Å². The molecule has 1 heterocycles. The maximum atomic E-state index is 12.4. The zero-order chi connectivity index (χ0) is 21.5. The smallest absolute Gasteiger partial charge is 0.243 e. The Bertz CT molecular complexity index is 1000. The van der Waals surface area contributed by atoms with Crippen LogP contribution in [0.2, 0.25) is 0 Å². The van der Waals surface area contributed by atoms with E-state index >= 15 is 0 Å². The molecule has 1 atom stereocenters. The second-order valence-electron chi connectivity index (χ2n) is 6.90. The highest BCUT2D eigenvalue weighted by Gasteiger charge is 2.19. The van der Waals surface area contributed by atoms with Crippen LogP contribution in [-0.2, 0) is 16.1 Å². The van der Waals surface area contributed by atoms with Gasteiger partial charge in [0.15, 0.2) is 0 Å². The van der Waals surface area contributed by atoms with Gasteiger partial charge in [0.05, 0.1) is 18.3 Å². The second-order valence-corrected chi connectivity index (χ2v) is 8.21. The Morgan fingerprint density at radius 2 is 1.77 bits per heavy atom. The van der Waals surface area contributed by atoms with E-state index in [9.17, 15) is 9.59 Å². The number of thioether (sulfide) groups is 1. The van der Waals surface area contributed by atoms with Crippen LogP contribution < -0.4 is 10.6 Å². The molecule has 1 unspecified atom stereocenters. The Kier molecular flexibility index (Phi) is 7.18. The third kappa shape index (κ3) is 5.66. The molecule has 156 valence electrons. The van der Waals surface area contributed by atoms with Crippen LogP contribution >= 0.6 is 11.8 Å². The van der Waals surface area contributed by atoms with Gasteiger partial charge in [-0.1, -0.05) is 60.3 Å². The standard InChI is InChI=1S/C21H24N6O2S/c1-14-8-7-9-15(2)19(14)23-18(28)12-22-20(29)16(3)30-21-24-25-26-27(21)13-17-10-5-4-6-11-17/h4-11,16H,12-13H2,1-3H3,(H,22,29)(H,23,28). The number of nitrogens with zero attached hydrogens (tertiary/aromatic N) is 4. The molecule has 0 radical (unpaired) electrons. The number of carbonyl (C=O) groups excluding carboxylic acids is 2. The summed E-state index contributed by atoms with van der Waals surface area (Å²) in [5.74, 6) is -0.530. The Morgan fingerprint density at radius 3 is 2.47 bits per heavy atom. The average molecular weight is 425 g/mol. The van der Waals surface area contributed by atoms with Crippen LogP contribution in [0.15, 0.2) is 53.7 Å². The molecule has 8 nitrogen and oxygen atoms in total. The lowest BCUT2D eigenvalue weighted by molar-refractivity contribution is -0.123. The van der Waals surface area contributed by atoms with E-state index in [0.717, 1.165) is 22.4 Å². The van der Waals surface area contributed by atoms with Crippen molar-refractivity contribution in [1.82, 2.24) is 25.5 Å². The molecule has 1 aromatic heterocycles. The summed E-state index contributed by atoms with van der Waals surface area (Å²) in [5, 5.41) is 17.3. The predicted octanol–water partition coefficient (Wildman–Crippen LogP) is 2.57. The molecule has 0 aliphatic rings. The summed E-state index contributed by atoms with van der Waals surface area (Å²) in [6, 6.07) is 15.6. The lowest BCUT2D eigenvalue weighted by atomic mass is 10.1. The van der Waals surface area contributed by atoms with Crippen molar-refractivity contribution in [2.75, 3.05) is 11.9 Å². The summed E-state index contributed by atoms with van der Waals surface area (Å²) in [6.07, 6.45) is 0. The Hall–Kier alpha value is -3.20. The third-order valence-corrected chi connectivity index (χ3v) is 5.57. The largest absolute Gasteiger partial charge is 0.346 e. The molecular weight excluding hydrogens is 400 g/mol. The van der Waals surface area contributed by atoms with Gasteiger partial charge in [-0.3, -0.25) is 9.59 Å². The van der Waals surface area contributed by atoms with Crippen LogP contribution in [0.5, 0.6) is 0 Å². The zero-order valence-corrected chi connectivity index (χ0v) is 17.9. The van der Waals surface area contributed by atoms with Crippen molar-refractivity contribution in [2.45, 2.75) is 37.7 Å². The van der Waals surface area contributed by atoms with Crippen molar-refractivity contribution in [1.29, 1.82) is 0 Å². The van der Waals surface area contributed by atoms with Crippen molar-refractivity contribution in [3.8, 4) is 0 Å². The summed E-state index contributed by atoms with van der Waals surface area (Å²) < 4.78 is 1.65. The summed E-state index contributed by atoms with van der Waals surface area (Å²) in [6.45, 7) is 6.03. The molecule has 0 fully saturated rings. The predicted molar refractivity (Wildman–Crippen MR) is 116 cm³/mol. The van der Waals surface area contributed by atoms with Gasteiger partial charge in [-0.25, -0.2) is 4.68 Å². The summed E-state index contributed by atoms with van der Waals surface area (Å²) in [5.41, 5.74) is 3.79. The number of tetrazole rings is 1. The maximum absolute atomic E-state index is 12.4. The molecule has 3 aromatic rings. The molecule has 2 N–H and O–H groups in total. The second kappa shape index (κ2) is 10.0. The Labute approximate surface area is 179 Å². The molecule has 3 rings (SSSR count). The van der Waals surface area contributed by atoms with Crippen molar-refractivity contribution in [2.24, 2.45) is 0 Å². The average Bonchev–Trinajstić information content (AvgIpc) is 3.16. The number of hydrogen-bond donors (Lipinski definition) is 2. The van der Waals surface area contributed by atoms with E-state index < -0.39 is 5.25 Å².